The van der Waals surface area contributed by atoms with Gasteiger partial charge in [-0.05, 0) is 69.3 Å². The van der Waals surface area contributed by atoms with Crippen LogP contribution in [0, 0.1) is 0 Å². The summed E-state index contributed by atoms with van der Waals surface area (Å²) in [6, 6.07) is 20.5. The number of fused-ring (bicyclic) bond motifs is 2. The van der Waals surface area contributed by atoms with Gasteiger partial charge < -0.3 is 20.1 Å². The first-order valence-electron chi connectivity index (χ1n) is 13.0. The summed E-state index contributed by atoms with van der Waals surface area (Å²) < 4.78 is 3.82. The minimum atomic E-state index is -0.205. The van der Waals surface area contributed by atoms with Gasteiger partial charge in [-0.1, -0.05) is 24.3 Å². The van der Waals surface area contributed by atoms with Crippen molar-refractivity contribution in [3.8, 4) is 11.4 Å². The van der Waals surface area contributed by atoms with E-state index in [4.69, 9.17) is 0 Å². The molecule has 1 aliphatic heterocycles. The SMILES string of the molecule is CN1CC[C@@H](NC(=O)c2cc3c(nc(NC4CC4)c(=O)n3-c3ccc4ccn(-c5ccccc5)c4c3)s2)C1. The molecule has 7 rings (SSSR count). The highest BCUT2D eigenvalue weighted by atomic mass is 32.1. The zero-order valence-electron chi connectivity index (χ0n) is 21.1. The van der Waals surface area contributed by atoms with Crippen LogP contribution < -0.4 is 16.2 Å². The van der Waals surface area contributed by atoms with E-state index in [0.717, 1.165) is 54.6 Å². The fraction of sp³-hybridized carbons (Fsp3) is 0.276. The zero-order chi connectivity index (χ0) is 25.8. The third kappa shape index (κ3) is 4.17. The van der Waals surface area contributed by atoms with Crippen molar-refractivity contribution in [2.75, 3.05) is 25.5 Å². The summed E-state index contributed by atoms with van der Waals surface area (Å²) in [5, 5.41) is 7.55. The first-order valence-corrected chi connectivity index (χ1v) is 13.8. The number of carbonyl (C=O) groups is 1. The monoisotopic (exact) mass is 524 g/mol. The van der Waals surface area contributed by atoms with Gasteiger partial charge in [0.15, 0.2) is 5.82 Å². The molecular weight excluding hydrogens is 496 g/mol. The Morgan fingerprint density at radius 3 is 2.58 bits per heavy atom. The Balaban J connectivity index is 1.35. The number of hydrogen-bond donors (Lipinski definition) is 2. The number of nitrogens with one attached hydrogen (secondary N) is 2. The lowest BCUT2D eigenvalue weighted by Crippen LogP contribution is -2.36. The third-order valence-corrected chi connectivity index (χ3v) is 8.41. The van der Waals surface area contributed by atoms with Gasteiger partial charge in [0.25, 0.3) is 11.5 Å². The van der Waals surface area contributed by atoms with Crippen molar-refractivity contribution >= 4 is 44.3 Å². The number of hydrogen-bond acceptors (Lipinski definition) is 6. The van der Waals surface area contributed by atoms with Crippen molar-refractivity contribution in [2.24, 2.45) is 0 Å². The minimum Gasteiger partial charge on any atom is -0.363 e. The number of nitrogens with zero attached hydrogens (tertiary/aromatic N) is 4. The Morgan fingerprint density at radius 2 is 1.82 bits per heavy atom. The molecule has 38 heavy (non-hydrogen) atoms. The molecule has 1 aliphatic carbocycles. The normalized spacial score (nSPS) is 17.9. The van der Waals surface area contributed by atoms with E-state index in [1.165, 1.54) is 11.3 Å². The largest absolute Gasteiger partial charge is 0.363 e. The minimum absolute atomic E-state index is 0.114. The van der Waals surface area contributed by atoms with Gasteiger partial charge >= 0.3 is 0 Å². The van der Waals surface area contributed by atoms with Crippen LogP contribution in [0.5, 0.6) is 0 Å². The number of benzene rings is 2. The van der Waals surface area contributed by atoms with E-state index in [1.54, 1.807) is 4.57 Å². The van der Waals surface area contributed by atoms with E-state index in [-0.39, 0.29) is 23.6 Å². The molecule has 3 aromatic heterocycles. The first kappa shape index (κ1) is 23.2. The van der Waals surface area contributed by atoms with E-state index in [1.807, 2.05) is 48.7 Å². The highest BCUT2D eigenvalue weighted by Gasteiger charge is 2.26. The molecule has 4 heterocycles. The highest BCUT2D eigenvalue weighted by molar-refractivity contribution is 7.20. The van der Waals surface area contributed by atoms with Gasteiger partial charge in [0, 0.05) is 35.9 Å². The number of thiophene rings is 1. The lowest BCUT2D eigenvalue weighted by molar-refractivity contribution is 0.0942. The quantitative estimate of drug-likeness (QED) is 0.344. The Bertz CT molecular complexity index is 1730. The van der Waals surface area contributed by atoms with Gasteiger partial charge in [0.1, 0.15) is 4.83 Å². The summed E-state index contributed by atoms with van der Waals surface area (Å²) in [5.74, 6) is 0.224. The summed E-state index contributed by atoms with van der Waals surface area (Å²) in [5.41, 5.74) is 3.23. The molecule has 1 amide bonds. The van der Waals surface area contributed by atoms with E-state index in [2.05, 4.69) is 50.3 Å². The number of aromatic nitrogens is 3. The molecule has 1 atom stereocenters. The molecule has 1 saturated carbocycles. The molecule has 2 N–H and O–H groups in total. The van der Waals surface area contributed by atoms with Gasteiger partial charge in [-0.25, -0.2) is 4.98 Å². The third-order valence-electron chi connectivity index (χ3n) is 7.39. The molecule has 0 radical (unpaired) electrons. The second kappa shape index (κ2) is 9.11. The number of rotatable bonds is 6. The predicted molar refractivity (Wildman–Crippen MR) is 152 cm³/mol. The second-order valence-corrected chi connectivity index (χ2v) is 11.3. The number of carbonyl (C=O) groups excluding carboxylic acids is 1. The number of likely N-dealkylation sites (N-methyl/N-ethyl adjacent to an activating group) is 1. The van der Waals surface area contributed by atoms with Crippen LogP contribution in [0.15, 0.2) is 71.7 Å². The van der Waals surface area contributed by atoms with E-state index in [9.17, 15) is 9.59 Å². The maximum atomic E-state index is 13.8. The molecule has 0 spiro atoms. The van der Waals surface area contributed by atoms with Crippen molar-refractivity contribution in [1.29, 1.82) is 0 Å². The van der Waals surface area contributed by atoms with Crippen molar-refractivity contribution in [3.05, 3.63) is 82.1 Å². The van der Waals surface area contributed by atoms with Crippen molar-refractivity contribution in [1.82, 2.24) is 24.3 Å². The molecule has 192 valence electrons. The number of para-hydroxylation sites is 1. The summed E-state index contributed by atoms with van der Waals surface area (Å²) in [4.78, 5) is 35.1. The van der Waals surface area contributed by atoms with Crippen LogP contribution in [0.4, 0.5) is 5.82 Å². The molecule has 2 fully saturated rings. The van der Waals surface area contributed by atoms with Crippen LogP contribution >= 0.6 is 11.3 Å². The highest BCUT2D eigenvalue weighted by Crippen LogP contribution is 2.30. The Kier molecular flexibility index (Phi) is 5.56. The summed E-state index contributed by atoms with van der Waals surface area (Å²) in [6.45, 7) is 1.82. The number of amides is 1. The summed E-state index contributed by atoms with van der Waals surface area (Å²) in [7, 11) is 2.06. The molecule has 0 bridgehead atoms. The number of likely N-dealkylation sites (tertiary alicyclic amines) is 1. The standard InChI is InChI=1S/C29H28N6O2S/c1-33-13-12-20(17-33)31-27(36)25-16-24-28(38-25)32-26(30-19-8-9-19)29(37)35(24)22-10-7-18-11-14-34(23(18)15-22)21-5-3-2-4-6-21/h2-7,10-11,14-16,19-20H,8-9,12-13,17H2,1H3,(H,30,32)(H,31,36)/t20-/m1/s1. The lowest BCUT2D eigenvalue weighted by Gasteiger charge is -2.12. The molecule has 2 aromatic carbocycles. The van der Waals surface area contributed by atoms with Gasteiger partial charge in [-0.15, -0.1) is 11.3 Å². The van der Waals surface area contributed by atoms with Crippen LogP contribution in [-0.2, 0) is 0 Å². The maximum Gasteiger partial charge on any atom is 0.298 e. The van der Waals surface area contributed by atoms with E-state index in [0.29, 0.717) is 21.0 Å². The van der Waals surface area contributed by atoms with Crippen LogP contribution in [0.2, 0.25) is 0 Å². The Morgan fingerprint density at radius 1 is 0.974 bits per heavy atom. The molecule has 1 saturated heterocycles. The van der Waals surface area contributed by atoms with Crippen LogP contribution in [-0.4, -0.2) is 57.1 Å². The Labute approximate surface area is 223 Å². The first-order chi connectivity index (χ1) is 18.5. The maximum absolute atomic E-state index is 13.8. The molecule has 5 aromatic rings. The van der Waals surface area contributed by atoms with Gasteiger partial charge in [0.05, 0.1) is 21.6 Å². The topological polar surface area (TPSA) is 84.2 Å². The van der Waals surface area contributed by atoms with Crippen LogP contribution in [0.3, 0.4) is 0 Å². The van der Waals surface area contributed by atoms with Gasteiger partial charge in [-0.3, -0.25) is 14.2 Å². The van der Waals surface area contributed by atoms with Crippen molar-refractivity contribution < 1.29 is 4.79 Å². The fourth-order valence-corrected chi connectivity index (χ4v) is 6.16. The predicted octanol–water partition coefficient (Wildman–Crippen LogP) is 4.40. The van der Waals surface area contributed by atoms with Crippen molar-refractivity contribution in [2.45, 2.75) is 31.3 Å². The molecule has 2 aliphatic rings. The molecule has 9 heteroatoms. The summed E-state index contributed by atoms with van der Waals surface area (Å²) >= 11 is 1.33. The average molecular weight is 525 g/mol. The van der Waals surface area contributed by atoms with Gasteiger partial charge in [0.2, 0.25) is 0 Å². The van der Waals surface area contributed by atoms with Crippen LogP contribution in [0.1, 0.15) is 28.9 Å². The van der Waals surface area contributed by atoms with E-state index >= 15 is 0 Å². The van der Waals surface area contributed by atoms with E-state index < -0.39 is 0 Å². The second-order valence-electron chi connectivity index (χ2n) is 10.3. The Hall–Kier alpha value is -3.95. The summed E-state index contributed by atoms with van der Waals surface area (Å²) in [6.07, 6.45) is 5.04. The zero-order valence-corrected chi connectivity index (χ0v) is 21.9. The van der Waals surface area contributed by atoms with Gasteiger partial charge in [-0.2, -0.15) is 0 Å². The molecular formula is C29H28N6O2S. The number of anilines is 1. The molecule has 0 unspecified atom stereocenters. The van der Waals surface area contributed by atoms with Crippen LogP contribution in [0.25, 0.3) is 32.6 Å². The fourth-order valence-electron chi connectivity index (χ4n) is 5.24. The smallest absolute Gasteiger partial charge is 0.298 e. The van der Waals surface area contributed by atoms with Crippen molar-refractivity contribution in [3.63, 3.8) is 0 Å². The molecule has 8 nitrogen and oxygen atoms in total. The average Bonchev–Trinajstić information content (AvgIpc) is 3.28. The lowest BCUT2D eigenvalue weighted by atomic mass is 10.2.